The third-order valence-electron chi connectivity index (χ3n) is 7.44. The number of benzene rings is 1. The van der Waals surface area contributed by atoms with Crippen molar-refractivity contribution in [3.05, 3.63) is 63.7 Å². The summed E-state index contributed by atoms with van der Waals surface area (Å²) in [6.07, 6.45) is 8.36. The number of carbonyl (C=O) groups is 2. The molecular weight excluding hydrogens is 474 g/mol. The summed E-state index contributed by atoms with van der Waals surface area (Å²) < 4.78 is 5.51. The smallest absolute Gasteiger partial charge is 0.410 e. The Balaban J connectivity index is 1.48. The largest absolute Gasteiger partial charge is 0.478 e. The highest BCUT2D eigenvalue weighted by molar-refractivity contribution is 5.87. The summed E-state index contributed by atoms with van der Waals surface area (Å²) in [5.41, 5.74) is 2.46. The standard InChI is InChI=1S/C28H39N3O6/c1-3-5-6-26(27(32)33)23-10-7-22(18-23)19-29-16-13-24(14-17-29)30(15-4-2)28(34)37-20-21-8-11-25(12-9-21)31(35)36/h4,8-9,11-12,22,24H,2-3,5-7,10,13-20H2,1H3,(H,32,33)/b26-23-. The van der Waals surface area contributed by atoms with Crippen molar-refractivity contribution >= 4 is 17.7 Å². The van der Waals surface area contributed by atoms with Crippen LogP contribution in [-0.4, -0.2) is 64.1 Å². The molecule has 3 rings (SSSR count). The van der Waals surface area contributed by atoms with Gasteiger partial charge in [0.15, 0.2) is 0 Å². The molecular formula is C28H39N3O6. The predicted octanol–water partition coefficient (Wildman–Crippen LogP) is 5.56. The number of likely N-dealkylation sites (tertiary alicyclic amines) is 1. The van der Waals surface area contributed by atoms with Crippen molar-refractivity contribution in [3.8, 4) is 0 Å². The van der Waals surface area contributed by atoms with Gasteiger partial charge in [-0.1, -0.05) is 25.0 Å². The van der Waals surface area contributed by atoms with E-state index in [9.17, 15) is 24.8 Å². The van der Waals surface area contributed by atoms with Crippen LogP contribution in [-0.2, 0) is 16.1 Å². The SMILES string of the molecule is C=CCN(C(=O)OCc1ccc([N+](=O)[O-])cc1)C1CCN(CC2CC/C(=C(\CCCC)C(=O)O)C2)CC1. The van der Waals surface area contributed by atoms with Gasteiger partial charge < -0.3 is 19.6 Å². The Morgan fingerprint density at radius 3 is 2.54 bits per heavy atom. The van der Waals surface area contributed by atoms with Crippen molar-refractivity contribution < 1.29 is 24.4 Å². The molecule has 202 valence electrons. The van der Waals surface area contributed by atoms with E-state index in [0.717, 1.165) is 70.2 Å². The van der Waals surface area contributed by atoms with E-state index in [2.05, 4.69) is 18.4 Å². The average Bonchev–Trinajstić information content (AvgIpc) is 3.34. The number of nitro groups is 1. The molecule has 1 unspecified atom stereocenters. The number of rotatable bonds is 12. The zero-order chi connectivity index (χ0) is 26.8. The Morgan fingerprint density at radius 2 is 1.95 bits per heavy atom. The van der Waals surface area contributed by atoms with Gasteiger partial charge in [0.25, 0.3) is 5.69 Å². The highest BCUT2D eigenvalue weighted by Gasteiger charge is 2.31. The molecule has 0 aromatic heterocycles. The molecule has 1 amide bonds. The molecule has 0 radical (unpaired) electrons. The number of ether oxygens (including phenoxy) is 1. The van der Waals surface area contributed by atoms with Crippen LogP contribution in [0.3, 0.4) is 0 Å². The van der Waals surface area contributed by atoms with Crippen LogP contribution in [0.15, 0.2) is 48.1 Å². The van der Waals surface area contributed by atoms with Gasteiger partial charge in [-0.2, -0.15) is 0 Å². The van der Waals surface area contributed by atoms with Gasteiger partial charge in [-0.15, -0.1) is 6.58 Å². The van der Waals surface area contributed by atoms with Gasteiger partial charge in [0.2, 0.25) is 0 Å². The van der Waals surface area contributed by atoms with Crippen LogP contribution >= 0.6 is 0 Å². The number of aliphatic carboxylic acids is 1. The number of carboxylic acids is 1. The third kappa shape index (κ3) is 8.15. The van der Waals surface area contributed by atoms with Crippen LogP contribution in [0.4, 0.5) is 10.5 Å². The number of carbonyl (C=O) groups excluding carboxylic acids is 1. The molecule has 1 heterocycles. The van der Waals surface area contributed by atoms with E-state index in [-0.39, 0.29) is 18.3 Å². The first-order chi connectivity index (χ1) is 17.8. The van der Waals surface area contributed by atoms with Gasteiger partial charge in [-0.3, -0.25) is 10.1 Å². The van der Waals surface area contributed by atoms with Crippen molar-refractivity contribution in [1.29, 1.82) is 0 Å². The molecule has 2 aliphatic rings. The van der Waals surface area contributed by atoms with E-state index >= 15 is 0 Å². The number of carboxylic acid groups (broad SMARTS) is 1. The fraction of sp³-hybridized carbons (Fsp3) is 0.571. The van der Waals surface area contributed by atoms with Crippen molar-refractivity contribution in [2.75, 3.05) is 26.2 Å². The van der Waals surface area contributed by atoms with Crippen molar-refractivity contribution in [2.45, 2.75) is 70.9 Å². The first kappa shape index (κ1) is 28.4. The molecule has 1 aromatic carbocycles. The normalized spacial score (nSPS) is 19.9. The lowest BCUT2D eigenvalue weighted by atomic mass is 9.98. The fourth-order valence-corrected chi connectivity index (χ4v) is 5.38. The second-order valence-corrected chi connectivity index (χ2v) is 10.1. The summed E-state index contributed by atoms with van der Waals surface area (Å²) in [4.78, 5) is 39.1. The van der Waals surface area contributed by atoms with Crippen molar-refractivity contribution in [2.24, 2.45) is 5.92 Å². The van der Waals surface area contributed by atoms with Crippen molar-refractivity contribution in [3.63, 3.8) is 0 Å². The third-order valence-corrected chi connectivity index (χ3v) is 7.44. The number of nitro benzene ring substituents is 1. The second kappa shape index (κ2) is 13.9. The molecule has 1 atom stereocenters. The lowest BCUT2D eigenvalue weighted by Gasteiger charge is -2.38. The van der Waals surface area contributed by atoms with Crippen LogP contribution in [0.2, 0.25) is 0 Å². The van der Waals surface area contributed by atoms with E-state index < -0.39 is 17.0 Å². The highest BCUT2D eigenvalue weighted by atomic mass is 16.6. The van der Waals surface area contributed by atoms with Gasteiger partial charge in [0, 0.05) is 49.9 Å². The first-order valence-electron chi connectivity index (χ1n) is 13.3. The Morgan fingerprint density at radius 1 is 1.24 bits per heavy atom. The van der Waals surface area contributed by atoms with Gasteiger partial charge in [-0.25, -0.2) is 9.59 Å². The van der Waals surface area contributed by atoms with E-state index in [1.54, 1.807) is 23.1 Å². The quantitative estimate of drug-likeness (QED) is 0.169. The Kier molecular flexibility index (Phi) is 10.7. The first-order valence-corrected chi connectivity index (χ1v) is 13.3. The summed E-state index contributed by atoms with van der Waals surface area (Å²) in [5, 5.41) is 20.4. The predicted molar refractivity (Wildman–Crippen MR) is 141 cm³/mol. The number of piperidine rings is 1. The highest BCUT2D eigenvalue weighted by Crippen LogP contribution is 2.35. The Labute approximate surface area is 218 Å². The summed E-state index contributed by atoms with van der Waals surface area (Å²) in [6, 6.07) is 6.04. The maximum absolute atomic E-state index is 12.9. The minimum absolute atomic E-state index is 0.00112. The van der Waals surface area contributed by atoms with Crippen LogP contribution < -0.4 is 0 Å². The zero-order valence-corrected chi connectivity index (χ0v) is 21.8. The van der Waals surface area contributed by atoms with Crippen molar-refractivity contribution in [1.82, 2.24) is 9.80 Å². The number of hydrogen-bond donors (Lipinski definition) is 1. The average molecular weight is 514 g/mol. The maximum atomic E-state index is 12.9. The van der Waals surface area contributed by atoms with E-state index in [0.29, 0.717) is 30.0 Å². The summed E-state index contributed by atoms with van der Waals surface area (Å²) in [5.74, 6) is -0.272. The number of nitrogens with zero attached hydrogens (tertiary/aromatic N) is 3. The van der Waals surface area contributed by atoms with Crippen LogP contribution in [0.25, 0.3) is 0 Å². The Hall–Kier alpha value is -3.20. The molecule has 37 heavy (non-hydrogen) atoms. The van der Waals surface area contributed by atoms with Gasteiger partial charge in [0.1, 0.15) is 6.61 Å². The lowest BCUT2D eigenvalue weighted by molar-refractivity contribution is -0.384. The number of allylic oxidation sites excluding steroid dienone is 1. The lowest BCUT2D eigenvalue weighted by Crippen LogP contribution is -2.48. The molecule has 2 fully saturated rings. The molecule has 0 bridgehead atoms. The summed E-state index contributed by atoms with van der Waals surface area (Å²) >= 11 is 0. The monoisotopic (exact) mass is 513 g/mol. The van der Waals surface area contributed by atoms with E-state index in [1.807, 2.05) is 0 Å². The summed E-state index contributed by atoms with van der Waals surface area (Å²) in [6.45, 7) is 9.04. The minimum atomic E-state index is -0.757. The topological polar surface area (TPSA) is 113 Å². The van der Waals surface area contributed by atoms with Gasteiger partial charge in [-0.05, 0) is 68.6 Å². The minimum Gasteiger partial charge on any atom is -0.478 e. The van der Waals surface area contributed by atoms with Crippen LogP contribution in [0, 0.1) is 16.0 Å². The van der Waals surface area contributed by atoms with Crippen LogP contribution in [0.5, 0.6) is 0 Å². The molecule has 9 heteroatoms. The Bertz CT molecular complexity index is 982. The van der Waals surface area contributed by atoms with Crippen LogP contribution in [0.1, 0.15) is 63.9 Å². The number of hydrogen-bond acceptors (Lipinski definition) is 6. The van der Waals surface area contributed by atoms with Gasteiger partial charge >= 0.3 is 12.1 Å². The molecule has 1 aromatic rings. The molecule has 9 nitrogen and oxygen atoms in total. The molecule has 1 N–H and O–H groups in total. The second-order valence-electron chi connectivity index (χ2n) is 10.1. The number of unbranched alkanes of at least 4 members (excludes halogenated alkanes) is 1. The molecule has 1 aliphatic heterocycles. The molecule has 1 saturated carbocycles. The number of non-ortho nitro benzene ring substituents is 1. The fourth-order valence-electron chi connectivity index (χ4n) is 5.38. The number of amides is 1. The maximum Gasteiger partial charge on any atom is 0.410 e. The molecule has 0 spiro atoms. The van der Waals surface area contributed by atoms with Gasteiger partial charge in [0.05, 0.1) is 4.92 Å². The molecule has 1 saturated heterocycles. The van der Waals surface area contributed by atoms with E-state index in [4.69, 9.17) is 4.74 Å². The van der Waals surface area contributed by atoms with E-state index in [1.165, 1.54) is 12.1 Å². The zero-order valence-electron chi connectivity index (χ0n) is 21.8. The molecule has 1 aliphatic carbocycles. The summed E-state index contributed by atoms with van der Waals surface area (Å²) in [7, 11) is 0.